The zero-order chi connectivity index (χ0) is 12.5. The highest BCUT2D eigenvalue weighted by molar-refractivity contribution is 5.88. The summed E-state index contributed by atoms with van der Waals surface area (Å²) in [5.41, 5.74) is 5.65. The molecule has 0 atom stereocenters. The second-order valence-electron chi connectivity index (χ2n) is 4.46. The summed E-state index contributed by atoms with van der Waals surface area (Å²) >= 11 is 0. The fraction of sp³-hybridized carbons (Fsp3) is 0.0588. The van der Waals surface area contributed by atoms with E-state index in [1.807, 2.05) is 18.2 Å². The number of rotatable bonds is 1. The lowest BCUT2D eigenvalue weighted by molar-refractivity contribution is 0.472. The zero-order valence-electron chi connectivity index (χ0n) is 10.1. The smallest absolute Gasteiger partial charge is 0.123 e. The van der Waals surface area contributed by atoms with Gasteiger partial charge in [0.15, 0.2) is 0 Å². The molecule has 0 heterocycles. The Morgan fingerprint density at radius 3 is 2.61 bits per heavy atom. The lowest BCUT2D eigenvalue weighted by atomic mass is 9.81. The van der Waals surface area contributed by atoms with E-state index in [1.54, 1.807) is 12.1 Å². The molecule has 2 aromatic rings. The first-order valence-electron chi connectivity index (χ1n) is 6.03. The van der Waals surface area contributed by atoms with Gasteiger partial charge >= 0.3 is 0 Å². The second kappa shape index (κ2) is 4.19. The van der Waals surface area contributed by atoms with Gasteiger partial charge in [-0.1, -0.05) is 55.1 Å². The predicted molar refractivity (Wildman–Crippen MR) is 74.6 cm³/mol. The molecule has 1 nitrogen and oxygen atoms in total. The van der Waals surface area contributed by atoms with Gasteiger partial charge < -0.3 is 5.11 Å². The molecule has 88 valence electrons. The quantitative estimate of drug-likeness (QED) is 0.676. The van der Waals surface area contributed by atoms with Crippen LogP contribution in [0, 0.1) is 0 Å². The van der Waals surface area contributed by atoms with Crippen LogP contribution in [0.5, 0.6) is 5.75 Å². The Bertz CT molecular complexity index is 650. The van der Waals surface area contributed by atoms with Crippen LogP contribution in [-0.4, -0.2) is 5.11 Å². The van der Waals surface area contributed by atoms with Crippen molar-refractivity contribution in [3.05, 3.63) is 83.4 Å². The Morgan fingerprint density at radius 1 is 1.00 bits per heavy atom. The van der Waals surface area contributed by atoms with Crippen LogP contribution >= 0.6 is 0 Å². The minimum atomic E-state index is 0.343. The Hall–Kier alpha value is -2.28. The maximum atomic E-state index is 10.1. The molecule has 0 saturated heterocycles. The summed E-state index contributed by atoms with van der Waals surface area (Å²) in [5, 5.41) is 10.1. The summed E-state index contributed by atoms with van der Waals surface area (Å²) in [6.45, 7) is 3.77. The van der Waals surface area contributed by atoms with E-state index in [0.29, 0.717) is 5.75 Å². The predicted octanol–water partition coefficient (Wildman–Crippen LogP) is 3.91. The van der Waals surface area contributed by atoms with E-state index < -0.39 is 0 Å². The van der Waals surface area contributed by atoms with Crippen LogP contribution in [0.25, 0.3) is 5.57 Å². The van der Waals surface area contributed by atoms with Crippen LogP contribution in [0.1, 0.15) is 22.3 Å². The van der Waals surface area contributed by atoms with Crippen molar-refractivity contribution in [2.75, 3.05) is 0 Å². The number of hydrogen-bond donors (Lipinski definition) is 1. The normalized spacial score (nSPS) is 15.0. The van der Waals surface area contributed by atoms with E-state index in [9.17, 15) is 5.11 Å². The molecule has 0 saturated carbocycles. The van der Waals surface area contributed by atoms with Crippen LogP contribution in [0.15, 0.2) is 61.2 Å². The number of fused-ring (bicyclic) bond motifs is 2. The van der Waals surface area contributed by atoms with Crippen LogP contribution in [0.4, 0.5) is 0 Å². The zero-order valence-corrected chi connectivity index (χ0v) is 10.1. The summed E-state index contributed by atoms with van der Waals surface area (Å²) in [6.07, 6.45) is 4.61. The molecule has 0 unspecified atom stereocenters. The van der Waals surface area contributed by atoms with Crippen molar-refractivity contribution in [1.29, 1.82) is 0 Å². The van der Waals surface area contributed by atoms with E-state index in [0.717, 1.165) is 17.6 Å². The Morgan fingerprint density at radius 2 is 1.78 bits per heavy atom. The van der Waals surface area contributed by atoms with E-state index in [4.69, 9.17) is 0 Å². The van der Waals surface area contributed by atoms with Crippen LogP contribution in [0.2, 0.25) is 0 Å². The molecule has 1 heteroatoms. The monoisotopic (exact) mass is 234 g/mol. The molecular formula is C17H14O. The molecule has 3 rings (SSSR count). The van der Waals surface area contributed by atoms with Crippen molar-refractivity contribution in [1.82, 2.24) is 0 Å². The van der Waals surface area contributed by atoms with Gasteiger partial charge in [0.05, 0.1) is 0 Å². The fourth-order valence-corrected chi connectivity index (χ4v) is 2.61. The van der Waals surface area contributed by atoms with Gasteiger partial charge in [-0.15, -0.1) is 0 Å². The molecule has 0 bridgehead atoms. The average molecular weight is 234 g/mol. The van der Waals surface area contributed by atoms with Gasteiger partial charge in [-0.25, -0.2) is 0 Å². The third-order valence-electron chi connectivity index (χ3n) is 3.37. The van der Waals surface area contributed by atoms with Crippen molar-refractivity contribution in [3.63, 3.8) is 0 Å². The van der Waals surface area contributed by atoms with Crippen molar-refractivity contribution in [2.45, 2.75) is 6.42 Å². The molecule has 2 aromatic carbocycles. The van der Waals surface area contributed by atoms with Crippen molar-refractivity contribution < 1.29 is 5.11 Å². The number of phenols is 1. The molecule has 0 aliphatic heterocycles. The molecule has 18 heavy (non-hydrogen) atoms. The summed E-state index contributed by atoms with van der Waals surface area (Å²) in [6, 6.07) is 14.0. The van der Waals surface area contributed by atoms with E-state index in [1.165, 1.54) is 16.7 Å². The molecule has 1 aliphatic carbocycles. The summed E-state index contributed by atoms with van der Waals surface area (Å²) in [7, 11) is 0. The van der Waals surface area contributed by atoms with Crippen molar-refractivity contribution >= 4 is 5.57 Å². The summed E-state index contributed by atoms with van der Waals surface area (Å²) in [4.78, 5) is 0. The first-order valence-corrected chi connectivity index (χ1v) is 6.03. The largest absolute Gasteiger partial charge is 0.507 e. The van der Waals surface area contributed by atoms with Crippen molar-refractivity contribution in [2.24, 2.45) is 0 Å². The first-order chi connectivity index (χ1) is 8.81. The number of aromatic hydroxyl groups is 1. The summed E-state index contributed by atoms with van der Waals surface area (Å²) < 4.78 is 0. The first kappa shape index (κ1) is 10.8. The van der Waals surface area contributed by atoms with Gasteiger partial charge in [0.1, 0.15) is 5.75 Å². The molecule has 0 fully saturated rings. The maximum Gasteiger partial charge on any atom is 0.123 e. The van der Waals surface area contributed by atoms with Gasteiger partial charge in [0.2, 0.25) is 0 Å². The highest BCUT2D eigenvalue weighted by Crippen LogP contribution is 2.40. The molecule has 1 N–H and O–H groups in total. The molecule has 1 aliphatic rings. The second-order valence-corrected chi connectivity index (χ2v) is 4.46. The fourth-order valence-electron chi connectivity index (χ4n) is 2.61. The number of allylic oxidation sites excluding steroid dienone is 2. The lowest BCUT2D eigenvalue weighted by Gasteiger charge is -2.23. The molecule has 0 amide bonds. The minimum Gasteiger partial charge on any atom is -0.507 e. The maximum absolute atomic E-state index is 10.1. The van der Waals surface area contributed by atoms with E-state index in [-0.39, 0.29) is 0 Å². The average Bonchev–Trinajstić information content (AvgIpc) is 2.39. The van der Waals surface area contributed by atoms with Crippen LogP contribution in [0.3, 0.4) is 0 Å². The van der Waals surface area contributed by atoms with Gasteiger partial charge in [0.25, 0.3) is 0 Å². The highest BCUT2D eigenvalue weighted by atomic mass is 16.3. The lowest BCUT2D eigenvalue weighted by Crippen LogP contribution is -2.06. The Labute approximate surface area is 107 Å². The van der Waals surface area contributed by atoms with Crippen molar-refractivity contribution in [3.8, 4) is 5.75 Å². The van der Waals surface area contributed by atoms with Crippen LogP contribution < -0.4 is 0 Å². The molecule has 0 spiro atoms. The van der Waals surface area contributed by atoms with Crippen LogP contribution in [-0.2, 0) is 6.42 Å². The Balaban J connectivity index is 2.32. The van der Waals surface area contributed by atoms with E-state index >= 15 is 0 Å². The third kappa shape index (κ3) is 1.56. The van der Waals surface area contributed by atoms with Gasteiger partial charge in [-0.2, -0.15) is 0 Å². The number of phenolic OH excluding ortho intramolecular Hbond substituents is 1. The molecule has 0 aromatic heterocycles. The standard InChI is InChI=1S/C17H14O/c1-2-6-15-14-9-4-3-7-12(14)11-13-8-5-10-16(18)17(13)15/h2-10,18H,1,11H2/b15-6+. The highest BCUT2D eigenvalue weighted by Gasteiger charge is 2.21. The van der Waals surface area contributed by atoms with Gasteiger partial charge in [-0.3, -0.25) is 0 Å². The third-order valence-corrected chi connectivity index (χ3v) is 3.37. The number of hydrogen-bond acceptors (Lipinski definition) is 1. The SMILES string of the molecule is C=C/C=C1\c2ccccc2Cc2cccc(O)c21. The topological polar surface area (TPSA) is 20.2 Å². The van der Waals surface area contributed by atoms with Gasteiger partial charge in [0, 0.05) is 5.56 Å². The van der Waals surface area contributed by atoms with Gasteiger partial charge in [-0.05, 0) is 34.8 Å². The number of benzene rings is 2. The Kier molecular flexibility index (Phi) is 2.52. The minimum absolute atomic E-state index is 0.343. The van der Waals surface area contributed by atoms with E-state index in [2.05, 4.69) is 30.8 Å². The summed E-state index contributed by atoms with van der Waals surface area (Å²) in [5.74, 6) is 0.343. The molecule has 0 radical (unpaired) electrons. The molecular weight excluding hydrogens is 220 g/mol.